The molecule has 0 saturated heterocycles. The van der Waals surface area contributed by atoms with Crippen molar-refractivity contribution in [2.75, 3.05) is 0 Å². The van der Waals surface area contributed by atoms with Gasteiger partial charge in [0.1, 0.15) is 28.2 Å². The summed E-state index contributed by atoms with van der Waals surface area (Å²) in [4.78, 5) is 17.7. The number of ether oxygens (including phenoxy) is 1. The second-order valence-electron chi connectivity index (χ2n) is 6.87. The topological polar surface area (TPSA) is 95.9 Å². The third kappa shape index (κ3) is 3.63. The number of rotatable bonds is 5. The van der Waals surface area contributed by atoms with Crippen LogP contribution in [0, 0.1) is 13.8 Å². The molecule has 0 aromatic carbocycles. The average Bonchev–Trinajstić information content (AvgIpc) is 3.37. The summed E-state index contributed by atoms with van der Waals surface area (Å²) in [5.74, 6) is 0.986. The molecule has 0 fully saturated rings. The molecule has 0 aliphatic rings. The number of hydrogen-bond acceptors (Lipinski definition) is 8. The Balaban J connectivity index is 1.80. The van der Waals surface area contributed by atoms with Crippen LogP contribution in [0.5, 0.6) is 0 Å². The Morgan fingerprint density at radius 1 is 1.34 bits per heavy atom. The van der Waals surface area contributed by atoms with Gasteiger partial charge in [-0.3, -0.25) is 0 Å². The number of halogens is 1. The molecular weight excluding hydrogens is 414 g/mol. The summed E-state index contributed by atoms with van der Waals surface area (Å²) >= 11 is 7.04. The molecule has 0 bridgehead atoms. The van der Waals surface area contributed by atoms with E-state index in [1.807, 2.05) is 33.8 Å². The number of aryl methyl sites for hydroxylation is 2. The molecule has 4 aromatic heterocycles. The minimum absolute atomic E-state index is 0.0600. The lowest BCUT2D eigenvalue weighted by molar-refractivity contribution is 0.0470. The minimum Gasteiger partial charge on any atom is -0.466 e. The predicted octanol–water partition coefficient (Wildman–Crippen LogP) is 4.75. The molecule has 0 aliphatic carbocycles. The van der Waals surface area contributed by atoms with E-state index in [9.17, 15) is 4.79 Å². The molecule has 0 amide bonds. The summed E-state index contributed by atoms with van der Waals surface area (Å²) in [7, 11) is 0. The van der Waals surface area contributed by atoms with E-state index in [2.05, 4.69) is 14.7 Å². The lowest BCUT2D eigenvalue weighted by Gasteiger charge is -2.10. The highest BCUT2D eigenvalue weighted by Crippen LogP contribution is 2.30. The summed E-state index contributed by atoms with van der Waals surface area (Å²) in [6.45, 7) is 7.68. The number of fused-ring (bicyclic) bond motifs is 1. The number of nitrogens with zero attached hydrogens (tertiary/aromatic N) is 5. The molecule has 0 unspecified atom stereocenters. The van der Waals surface area contributed by atoms with Crippen LogP contribution >= 0.6 is 23.1 Å². The number of carbonyl (C=O) groups excluding carboxylic acids is 1. The van der Waals surface area contributed by atoms with Crippen molar-refractivity contribution in [3.63, 3.8) is 0 Å². The first-order valence-electron chi connectivity index (χ1n) is 8.94. The van der Waals surface area contributed by atoms with Crippen molar-refractivity contribution >= 4 is 40.1 Å². The van der Waals surface area contributed by atoms with Crippen LogP contribution < -0.4 is 0 Å². The van der Waals surface area contributed by atoms with Gasteiger partial charge in [0.2, 0.25) is 0 Å². The molecule has 10 heteroatoms. The largest absolute Gasteiger partial charge is 0.466 e. The predicted molar refractivity (Wildman–Crippen MR) is 109 cm³/mol. The minimum atomic E-state index is -0.510. The van der Waals surface area contributed by atoms with Gasteiger partial charge in [0, 0.05) is 23.1 Å². The van der Waals surface area contributed by atoms with Gasteiger partial charge in [-0.25, -0.2) is 14.5 Å². The lowest BCUT2D eigenvalue weighted by atomic mass is 10.1. The van der Waals surface area contributed by atoms with Crippen LogP contribution in [0.4, 0.5) is 0 Å². The van der Waals surface area contributed by atoms with Gasteiger partial charge in [-0.2, -0.15) is 5.10 Å². The van der Waals surface area contributed by atoms with Gasteiger partial charge in [0.15, 0.2) is 5.65 Å². The van der Waals surface area contributed by atoms with Gasteiger partial charge < -0.3 is 9.15 Å². The maximum Gasteiger partial charge on any atom is 0.339 e. The van der Waals surface area contributed by atoms with Crippen molar-refractivity contribution in [2.45, 2.75) is 40.3 Å². The van der Waals surface area contributed by atoms with Crippen LogP contribution in [0.15, 0.2) is 22.7 Å². The molecule has 29 heavy (non-hydrogen) atoms. The third-order valence-corrected chi connectivity index (χ3v) is 5.43. The Labute approximate surface area is 175 Å². The molecule has 0 spiro atoms. The molecule has 0 radical (unpaired) electrons. The van der Waals surface area contributed by atoms with Crippen LogP contribution in [0.1, 0.15) is 47.5 Å². The zero-order valence-corrected chi connectivity index (χ0v) is 17.8. The number of aromatic nitrogens is 5. The highest BCUT2D eigenvalue weighted by atomic mass is 35.5. The quantitative estimate of drug-likeness (QED) is 0.420. The summed E-state index contributed by atoms with van der Waals surface area (Å²) < 4.78 is 17.0. The van der Waals surface area contributed by atoms with Crippen molar-refractivity contribution in [3.05, 3.63) is 45.4 Å². The Morgan fingerprint density at radius 2 is 2.14 bits per heavy atom. The van der Waals surface area contributed by atoms with Crippen molar-refractivity contribution in [2.24, 2.45) is 0 Å². The van der Waals surface area contributed by atoms with Crippen molar-refractivity contribution < 1.29 is 13.9 Å². The van der Waals surface area contributed by atoms with Crippen molar-refractivity contribution in [1.82, 2.24) is 24.4 Å². The summed E-state index contributed by atoms with van der Waals surface area (Å²) in [6, 6.07) is 3.68. The molecular formula is C19H18ClN5O3S. The van der Waals surface area contributed by atoms with E-state index in [1.54, 1.807) is 16.9 Å². The first kappa shape index (κ1) is 19.5. The molecule has 150 valence electrons. The lowest BCUT2D eigenvalue weighted by Crippen LogP contribution is -2.09. The molecule has 0 N–H and O–H groups in total. The second kappa shape index (κ2) is 7.57. The second-order valence-corrected chi connectivity index (χ2v) is 8.23. The summed E-state index contributed by atoms with van der Waals surface area (Å²) in [5, 5.41) is 8.89. The van der Waals surface area contributed by atoms with Gasteiger partial charge in [0.25, 0.3) is 0 Å². The summed E-state index contributed by atoms with van der Waals surface area (Å²) in [6.07, 6.45) is 1.63. The molecule has 4 heterocycles. The average molecular weight is 432 g/mol. The normalized spacial score (nSPS) is 11.5. The van der Waals surface area contributed by atoms with E-state index in [4.69, 9.17) is 25.7 Å². The summed E-state index contributed by atoms with van der Waals surface area (Å²) in [5.41, 5.74) is 2.84. The van der Waals surface area contributed by atoms with Crippen LogP contribution in [0.3, 0.4) is 0 Å². The molecule has 4 aromatic rings. The van der Waals surface area contributed by atoms with Crippen LogP contribution in [-0.2, 0) is 11.3 Å². The number of furan rings is 1. The smallest absolute Gasteiger partial charge is 0.339 e. The zero-order chi connectivity index (χ0) is 20.7. The van der Waals surface area contributed by atoms with E-state index in [-0.39, 0.29) is 12.6 Å². The monoisotopic (exact) mass is 431 g/mol. The molecule has 0 aliphatic heterocycles. The first-order chi connectivity index (χ1) is 13.8. The van der Waals surface area contributed by atoms with E-state index < -0.39 is 5.97 Å². The third-order valence-electron chi connectivity index (χ3n) is 4.44. The Hall–Kier alpha value is -2.78. The SMILES string of the molecule is Cc1cc(-c2cc(C(=O)OCc3nnsc3Cl)c3cnn(C(C)C)c3n2)c(C)o1. The maximum absolute atomic E-state index is 12.9. The van der Waals surface area contributed by atoms with E-state index in [1.165, 1.54) is 0 Å². The fourth-order valence-electron chi connectivity index (χ4n) is 3.08. The fourth-order valence-corrected chi connectivity index (χ4v) is 3.68. The number of hydrogen-bond donors (Lipinski definition) is 0. The molecule has 4 rings (SSSR count). The van der Waals surface area contributed by atoms with E-state index >= 15 is 0 Å². The zero-order valence-electron chi connectivity index (χ0n) is 16.3. The molecule has 0 atom stereocenters. The van der Waals surface area contributed by atoms with Crippen LogP contribution in [0.2, 0.25) is 4.34 Å². The fraction of sp³-hybridized carbons (Fsp3) is 0.316. The Morgan fingerprint density at radius 3 is 2.76 bits per heavy atom. The highest BCUT2D eigenvalue weighted by molar-refractivity contribution is 7.10. The van der Waals surface area contributed by atoms with Crippen LogP contribution in [-0.4, -0.2) is 30.3 Å². The van der Waals surface area contributed by atoms with Gasteiger partial charge >= 0.3 is 5.97 Å². The van der Waals surface area contributed by atoms with Crippen molar-refractivity contribution in [3.8, 4) is 11.3 Å². The highest BCUT2D eigenvalue weighted by Gasteiger charge is 2.21. The van der Waals surface area contributed by atoms with Gasteiger partial charge in [-0.1, -0.05) is 16.1 Å². The number of pyridine rings is 1. The molecule has 8 nitrogen and oxygen atoms in total. The standard InChI is InChI=1S/C19H18ClN5O3S/c1-9(2)25-18-14(7-21-25)13(19(26)27-8-16-17(20)29-24-23-16)6-15(22-18)12-5-10(3)28-11(12)4/h5-7,9H,8H2,1-4H3. The van der Waals surface area contributed by atoms with Crippen molar-refractivity contribution in [1.29, 1.82) is 0 Å². The number of carbonyl (C=O) groups is 1. The van der Waals surface area contributed by atoms with Gasteiger partial charge in [-0.05, 0) is 39.8 Å². The maximum atomic E-state index is 12.9. The Kier molecular flexibility index (Phi) is 5.10. The number of esters is 1. The van der Waals surface area contributed by atoms with Gasteiger partial charge in [-0.15, -0.1) is 5.10 Å². The van der Waals surface area contributed by atoms with Crippen LogP contribution in [0.25, 0.3) is 22.3 Å². The van der Waals surface area contributed by atoms with Gasteiger partial charge in [0.05, 0.1) is 22.8 Å². The van der Waals surface area contributed by atoms with E-state index in [0.717, 1.165) is 28.6 Å². The Bertz CT molecular complexity index is 1210. The molecule has 0 saturated carbocycles. The van der Waals surface area contributed by atoms with E-state index in [0.29, 0.717) is 32.3 Å². The first-order valence-corrected chi connectivity index (χ1v) is 10.1.